The second-order valence-electron chi connectivity index (χ2n) is 8.74. The zero-order valence-corrected chi connectivity index (χ0v) is 21.9. The number of pyridine rings is 1. The maximum Gasteiger partial charge on any atom is 0.255 e. The summed E-state index contributed by atoms with van der Waals surface area (Å²) in [5.41, 5.74) is 1.77. The minimum absolute atomic E-state index is 0.187. The van der Waals surface area contributed by atoms with Crippen LogP contribution >= 0.6 is 23.2 Å². The summed E-state index contributed by atoms with van der Waals surface area (Å²) in [6.45, 7) is 1.44. The topological polar surface area (TPSA) is 95.4 Å². The van der Waals surface area contributed by atoms with Crippen molar-refractivity contribution < 1.29 is 24.5 Å². The number of hydrogen-bond acceptors (Lipinski definition) is 7. The number of aliphatic hydroxyl groups is 2. The van der Waals surface area contributed by atoms with E-state index in [1.54, 1.807) is 29.2 Å². The molecule has 0 saturated carbocycles. The van der Waals surface area contributed by atoms with Gasteiger partial charge in [-0.25, -0.2) is 4.98 Å². The van der Waals surface area contributed by atoms with Crippen molar-refractivity contribution in [2.45, 2.75) is 18.8 Å². The Morgan fingerprint density at radius 1 is 1.16 bits per heavy atom. The molecule has 10 heteroatoms. The van der Waals surface area contributed by atoms with Crippen LogP contribution in [-0.4, -0.2) is 76.8 Å². The van der Waals surface area contributed by atoms with E-state index in [0.717, 1.165) is 5.56 Å². The van der Waals surface area contributed by atoms with Crippen LogP contribution in [-0.2, 0) is 6.61 Å². The van der Waals surface area contributed by atoms with Gasteiger partial charge in [0, 0.05) is 37.9 Å². The number of aromatic nitrogens is 1. The Morgan fingerprint density at radius 2 is 1.95 bits per heavy atom. The van der Waals surface area contributed by atoms with Gasteiger partial charge in [0.05, 0.1) is 41.5 Å². The van der Waals surface area contributed by atoms with Crippen molar-refractivity contribution in [3.8, 4) is 11.6 Å². The average Bonchev–Trinajstić information content (AvgIpc) is 2.92. The first kappa shape index (κ1) is 27.2. The monoisotopic (exact) mass is 545 g/mol. The highest BCUT2D eigenvalue weighted by molar-refractivity contribution is 6.35. The van der Waals surface area contributed by atoms with Gasteiger partial charge in [-0.1, -0.05) is 59.6 Å². The summed E-state index contributed by atoms with van der Waals surface area (Å²) in [7, 11) is 1.49. The van der Waals surface area contributed by atoms with Gasteiger partial charge in [-0.05, 0) is 23.8 Å². The molecule has 1 unspecified atom stereocenters. The predicted molar refractivity (Wildman–Crippen MR) is 141 cm³/mol. The van der Waals surface area contributed by atoms with E-state index in [2.05, 4.69) is 4.98 Å². The fraction of sp³-hybridized carbons (Fsp3) is 0.333. The Morgan fingerprint density at radius 3 is 2.68 bits per heavy atom. The lowest BCUT2D eigenvalue weighted by atomic mass is 10.1. The van der Waals surface area contributed by atoms with Crippen LogP contribution < -0.4 is 9.47 Å². The molecule has 1 fully saturated rings. The van der Waals surface area contributed by atoms with E-state index in [9.17, 15) is 15.0 Å². The van der Waals surface area contributed by atoms with Gasteiger partial charge < -0.3 is 24.6 Å². The van der Waals surface area contributed by atoms with Crippen LogP contribution in [0.5, 0.6) is 11.6 Å². The smallest absolute Gasteiger partial charge is 0.255 e. The predicted octanol–water partition coefficient (Wildman–Crippen LogP) is 3.83. The van der Waals surface area contributed by atoms with Gasteiger partial charge in [0.15, 0.2) is 0 Å². The van der Waals surface area contributed by atoms with Gasteiger partial charge in [0.1, 0.15) is 12.4 Å². The minimum Gasteiger partial charge on any atom is -0.495 e. The molecule has 2 heterocycles. The number of hydrogen-bond donors (Lipinski definition) is 2. The Kier molecular flexibility index (Phi) is 9.23. The molecule has 0 spiro atoms. The van der Waals surface area contributed by atoms with Gasteiger partial charge in [-0.15, -0.1) is 0 Å². The van der Waals surface area contributed by atoms with Crippen LogP contribution in [0.15, 0.2) is 60.8 Å². The molecule has 1 aliphatic rings. The van der Waals surface area contributed by atoms with Crippen LogP contribution in [0.1, 0.15) is 27.6 Å². The normalized spacial score (nSPS) is 16.9. The highest BCUT2D eigenvalue weighted by atomic mass is 35.5. The summed E-state index contributed by atoms with van der Waals surface area (Å²) in [4.78, 5) is 21.0. The highest BCUT2D eigenvalue weighted by Gasteiger charge is 2.32. The van der Waals surface area contributed by atoms with Crippen molar-refractivity contribution in [2.24, 2.45) is 0 Å². The third kappa shape index (κ3) is 6.52. The van der Waals surface area contributed by atoms with Crippen LogP contribution in [0.3, 0.4) is 0 Å². The molecule has 8 nitrogen and oxygen atoms in total. The molecule has 196 valence electrons. The molecule has 1 amide bonds. The van der Waals surface area contributed by atoms with Crippen molar-refractivity contribution in [1.29, 1.82) is 0 Å². The van der Waals surface area contributed by atoms with Gasteiger partial charge in [0.25, 0.3) is 5.91 Å². The number of β-amino-alcohol motifs (C(OH)–C–C–N with tert-alkyl or cyclic N) is 1. The molecule has 2 N–H and O–H groups in total. The first-order valence-electron chi connectivity index (χ1n) is 11.9. The van der Waals surface area contributed by atoms with E-state index < -0.39 is 6.10 Å². The van der Waals surface area contributed by atoms with Crippen LogP contribution in [0.2, 0.25) is 10.0 Å². The molecular formula is C27H29Cl2N3O5. The maximum atomic E-state index is 13.2. The summed E-state index contributed by atoms with van der Waals surface area (Å²) < 4.78 is 11.1. The van der Waals surface area contributed by atoms with Crippen LogP contribution in [0, 0.1) is 0 Å². The molecule has 4 rings (SSSR count). The number of carbonyl (C=O) groups excluding carboxylic acids is 1. The number of carbonyl (C=O) groups is 1. The first-order valence-corrected chi connectivity index (χ1v) is 12.6. The lowest BCUT2D eigenvalue weighted by Gasteiger charge is -2.41. The maximum absolute atomic E-state index is 13.2. The molecule has 0 bridgehead atoms. The third-order valence-corrected chi connectivity index (χ3v) is 6.94. The average molecular weight is 546 g/mol. The van der Waals surface area contributed by atoms with E-state index >= 15 is 0 Å². The molecule has 0 aliphatic carbocycles. The number of benzene rings is 2. The summed E-state index contributed by atoms with van der Waals surface area (Å²) in [5.74, 6) is 0.481. The van der Waals surface area contributed by atoms with Crippen LogP contribution in [0.25, 0.3) is 0 Å². The minimum atomic E-state index is -0.971. The van der Waals surface area contributed by atoms with Crippen LogP contribution in [0.4, 0.5) is 0 Å². The fourth-order valence-corrected chi connectivity index (χ4v) is 4.79. The number of halogens is 2. The van der Waals surface area contributed by atoms with E-state index in [1.165, 1.54) is 13.3 Å². The quantitative estimate of drug-likeness (QED) is 0.421. The van der Waals surface area contributed by atoms with Gasteiger partial charge in [0.2, 0.25) is 5.88 Å². The fourth-order valence-electron chi connectivity index (χ4n) is 4.34. The molecule has 37 heavy (non-hydrogen) atoms. The molecule has 2 atom stereocenters. The number of amides is 1. The zero-order chi connectivity index (χ0) is 26.4. The van der Waals surface area contributed by atoms with E-state index in [-0.39, 0.29) is 36.7 Å². The van der Waals surface area contributed by atoms with Gasteiger partial charge in [-0.2, -0.15) is 0 Å². The largest absolute Gasteiger partial charge is 0.495 e. The Bertz CT molecular complexity index is 1210. The second kappa shape index (κ2) is 12.6. The van der Waals surface area contributed by atoms with E-state index in [1.807, 2.05) is 35.2 Å². The number of rotatable bonds is 9. The lowest BCUT2D eigenvalue weighted by molar-refractivity contribution is 0.00998. The molecule has 1 aromatic heterocycles. The highest BCUT2D eigenvalue weighted by Crippen LogP contribution is 2.31. The number of nitrogens with zero attached hydrogens (tertiary/aromatic N) is 3. The van der Waals surface area contributed by atoms with Gasteiger partial charge in [-0.3, -0.25) is 9.69 Å². The Balaban J connectivity index is 1.44. The Hall–Kier alpha value is -2.88. The number of piperazine rings is 1. The van der Waals surface area contributed by atoms with Gasteiger partial charge >= 0.3 is 0 Å². The van der Waals surface area contributed by atoms with Crippen molar-refractivity contribution in [1.82, 2.24) is 14.8 Å². The van der Waals surface area contributed by atoms with Crippen molar-refractivity contribution in [3.63, 3.8) is 0 Å². The number of ether oxygens (including phenoxy) is 2. The lowest BCUT2D eigenvalue weighted by Crippen LogP contribution is -2.56. The zero-order valence-electron chi connectivity index (χ0n) is 20.4. The Labute approximate surface area is 226 Å². The summed E-state index contributed by atoms with van der Waals surface area (Å²) in [5, 5.41) is 21.9. The summed E-state index contributed by atoms with van der Waals surface area (Å²) in [6, 6.07) is 16.0. The van der Waals surface area contributed by atoms with E-state index in [4.69, 9.17) is 32.7 Å². The summed E-state index contributed by atoms with van der Waals surface area (Å²) in [6.07, 6.45) is 0.504. The molecule has 3 aromatic rings. The number of aliphatic hydroxyl groups excluding tert-OH is 2. The first-order chi connectivity index (χ1) is 17.9. The van der Waals surface area contributed by atoms with Crippen molar-refractivity contribution in [3.05, 3.63) is 87.5 Å². The molecule has 2 aromatic carbocycles. The standard InChI is InChI=1S/C27H29Cl2N3O5/c1-36-24-9-5-8-21(25(24)29)27(35)32-11-10-31(20(14-32)16-33)15-23(34)22-12-19(28)13-30-26(22)37-17-18-6-3-2-4-7-18/h2-9,12-13,20,23,33-34H,10-11,14-17H2,1H3/t20-,23?/m0/s1. The molecule has 1 saturated heterocycles. The molecular weight excluding hydrogens is 517 g/mol. The SMILES string of the molecule is COc1cccc(C(=O)N2CCN(CC(O)c3cc(Cl)cnc3OCc3ccccc3)[C@H](CO)C2)c1Cl. The number of methoxy groups -OCH3 is 1. The van der Waals surface area contributed by atoms with Crippen molar-refractivity contribution >= 4 is 29.1 Å². The molecule has 0 radical (unpaired) electrons. The third-order valence-electron chi connectivity index (χ3n) is 6.35. The van der Waals surface area contributed by atoms with E-state index in [0.29, 0.717) is 47.5 Å². The molecule has 1 aliphatic heterocycles. The second-order valence-corrected chi connectivity index (χ2v) is 9.56. The van der Waals surface area contributed by atoms with Crippen molar-refractivity contribution in [2.75, 3.05) is 39.9 Å². The summed E-state index contributed by atoms with van der Waals surface area (Å²) >= 11 is 12.5.